The van der Waals surface area contributed by atoms with Crippen LogP contribution in [0.3, 0.4) is 0 Å². The predicted octanol–water partition coefficient (Wildman–Crippen LogP) is 4.57. The smallest absolute Gasteiger partial charge is 0.247 e. The lowest BCUT2D eigenvalue weighted by molar-refractivity contribution is -0.124. The fourth-order valence-electron chi connectivity index (χ4n) is 5.75. The van der Waals surface area contributed by atoms with E-state index in [1.807, 2.05) is 30.3 Å². The third kappa shape index (κ3) is 3.42. The highest BCUT2D eigenvalue weighted by molar-refractivity contribution is 8.00. The van der Waals surface area contributed by atoms with Crippen LogP contribution in [0.1, 0.15) is 36.0 Å². The lowest BCUT2D eigenvalue weighted by Crippen LogP contribution is -2.52. The molecule has 2 aromatic carbocycles. The minimum atomic E-state index is -1.55. The van der Waals surface area contributed by atoms with Gasteiger partial charge in [-0.2, -0.15) is 5.26 Å². The number of para-hydroxylation sites is 1. The topological polar surface area (TPSA) is 116 Å². The molecule has 2 N–H and O–H groups in total. The summed E-state index contributed by atoms with van der Waals surface area (Å²) in [6.45, 7) is 2.06. The molecule has 0 radical (unpaired) electrons. The van der Waals surface area contributed by atoms with Gasteiger partial charge in [-0.3, -0.25) is 14.5 Å². The Morgan fingerprint density at radius 2 is 1.97 bits per heavy atom. The van der Waals surface area contributed by atoms with Gasteiger partial charge in [0, 0.05) is 41.7 Å². The number of nitrogens with two attached hydrogens (primary N) is 1. The van der Waals surface area contributed by atoms with E-state index in [0.717, 1.165) is 10.1 Å². The first-order chi connectivity index (χ1) is 18.4. The van der Waals surface area contributed by atoms with Crippen LogP contribution in [0.15, 0.2) is 75.5 Å². The summed E-state index contributed by atoms with van der Waals surface area (Å²) in [6, 6.07) is 17.8. The number of amides is 1. The number of likely N-dealkylation sites (N-methyl/N-ethyl adjacent to an activating group) is 1. The van der Waals surface area contributed by atoms with Gasteiger partial charge in [-0.15, -0.1) is 10.2 Å². The number of carbonyl (C=O) groups is 2. The van der Waals surface area contributed by atoms with Crippen molar-refractivity contribution in [3.63, 3.8) is 0 Å². The van der Waals surface area contributed by atoms with Gasteiger partial charge in [0.1, 0.15) is 17.3 Å². The van der Waals surface area contributed by atoms with Crippen molar-refractivity contribution in [3.05, 3.63) is 87.9 Å². The zero-order valence-corrected chi connectivity index (χ0v) is 22.5. The first kappa shape index (κ1) is 24.4. The van der Waals surface area contributed by atoms with E-state index < -0.39 is 5.41 Å². The van der Waals surface area contributed by atoms with E-state index in [2.05, 4.69) is 41.4 Å². The van der Waals surface area contributed by atoms with Crippen molar-refractivity contribution in [2.24, 2.45) is 5.73 Å². The van der Waals surface area contributed by atoms with Crippen LogP contribution in [-0.2, 0) is 20.8 Å². The number of thioether (sulfide) groups is 1. The molecule has 6 rings (SSSR count). The third-order valence-electron chi connectivity index (χ3n) is 7.34. The molecule has 3 aliphatic rings. The molecule has 1 spiro atoms. The summed E-state index contributed by atoms with van der Waals surface area (Å²) in [5.41, 5.74) is 9.85. The number of aryl methyl sites for hydroxylation is 1. The van der Waals surface area contributed by atoms with E-state index in [9.17, 15) is 14.9 Å². The molecule has 0 bridgehead atoms. The lowest BCUT2D eigenvalue weighted by atomic mass is 9.64. The van der Waals surface area contributed by atoms with Gasteiger partial charge in [0.2, 0.25) is 11.0 Å². The van der Waals surface area contributed by atoms with Gasteiger partial charge in [0.25, 0.3) is 0 Å². The zero-order chi connectivity index (χ0) is 26.6. The molecule has 10 heteroatoms. The van der Waals surface area contributed by atoms with Crippen molar-refractivity contribution >= 4 is 45.6 Å². The maximum Gasteiger partial charge on any atom is 0.247 e. The number of benzene rings is 2. The Labute approximate surface area is 228 Å². The second kappa shape index (κ2) is 9.11. The highest BCUT2D eigenvalue weighted by Crippen LogP contribution is 2.56. The average Bonchev–Trinajstić information content (AvgIpc) is 3.46. The molecule has 0 unspecified atom stereocenters. The van der Waals surface area contributed by atoms with Gasteiger partial charge in [0.05, 0.1) is 5.57 Å². The molecule has 1 atom stereocenters. The number of nitriles is 1. The summed E-state index contributed by atoms with van der Waals surface area (Å²) in [6.07, 6.45) is 1.46. The average molecular weight is 541 g/mol. The Bertz CT molecular complexity index is 1620. The van der Waals surface area contributed by atoms with Crippen molar-refractivity contribution in [2.75, 3.05) is 16.8 Å². The number of Topliss-reactive ketones (excluding diaryl/α,β-unsaturated/α-hetero) is 1. The van der Waals surface area contributed by atoms with Gasteiger partial charge in [0.15, 0.2) is 10.1 Å². The van der Waals surface area contributed by atoms with E-state index in [1.54, 1.807) is 23.7 Å². The highest BCUT2D eigenvalue weighted by Gasteiger charge is 2.61. The van der Waals surface area contributed by atoms with Gasteiger partial charge in [-0.05, 0) is 31.4 Å². The van der Waals surface area contributed by atoms with Crippen molar-refractivity contribution in [1.29, 1.82) is 5.26 Å². The van der Waals surface area contributed by atoms with E-state index in [-0.39, 0.29) is 23.1 Å². The Hall–Kier alpha value is -3.94. The van der Waals surface area contributed by atoms with Crippen LogP contribution in [0.4, 0.5) is 10.8 Å². The molecule has 1 aromatic heterocycles. The van der Waals surface area contributed by atoms with Crippen molar-refractivity contribution in [3.8, 4) is 6.07 Å². The molecular weight excluding hydrogens is 516 g/mol. The number of hydrogen-bond acceptors (Lipinski definition) is 9. The first-order valence-electron chi connectivity index (χ1n) is 12.2. The van der Waals surface area contributed by atoms with Gasteiger partial charge in [-0.1, -0.05) is 71.1 Å². The Balaban J connectivity index is 1.47. The van der Waals surface area contributed by atoms with Crippen molar-refractivity contribution in [1.82, 2.24) is 10.2 Å². The molecule has 2 aliphatic heterocycles. The standard InChI is InChI=1S/C28H24N6O2S2/c1-16-7-5-8-17(13-16)15-37-27-32-31-26(38-27)34-21-11-6-12-22(35)23(21)28(19(14-29)24(34)30)18-9-3-4-10-20(18)33(2)25(28)36/h3-5,7-10,13H,6,11-12,15,30H2,1-2H3/t28-/m1/s1. The minimum Gasteiger partial charge on any atom is -0.384 e. The number of aromatic nitrogens is 2. The second-order valence-corrected chi connectivity index (χ2v) is 11.7. The van der Waals surface area contributed by atoms with Gasteiger partial charge >= 0.3 is 0 Å². The molecule has 0 saturated carbocycles. The second-order valence-electron chi connectivity index (χ2n) is 9.57. The van der Waals surface area contributed by atoms with E-state index in [0.29, 0.717) is 46.9 Å². The largest absolute Gasteiger partial charge is 0.384 e. The number of ketones is 1. The lowest BCUT2D eigenvalue weighted by Gasteiger charge is -2.42. The van der Waals surface area contributed by atoms with Crippen molar-refractivity contribution in [2.45, 2.75) is 41.7 Å². The Morgan fingerprint density at radius 1 is 1.16 bits per heavy atom. The molecule has 38 heavy (non-hydrogen) atoms. The number of carbonyl (C=O) groups excluding carboxylic acids is 2. The summed E-state index contributed by atoms with van der Waals surface area (Å²) >= 11 is 2.92. The molecule has 3 heterocycles. The minimum absolute atomic E-state index is 0.0532. The maximum absolute atomic E-state index is 14.0. The van der Waals surface area contributed by atoms with Gasteiger partial charge in [-0.25, -0.2) is 0 Å². The monoisotopic (exact) mass is 540 g/mol. The summed E-state index contributed by atoms with van der Waals surface area (Å²) in [5.74, 6) is 0.365. The molecule has 190 valence electrons. The summed E-state index contributed by atoms with van der Waals surface area (Å²) < 4.78 is 0.749. The van der Waals surface area contributed by atoms with Crippen LogP contribution >= 0.6 is 23.1 Å². The number of nitrogens with zero attached hydrogens (tertiary/aromatic N) is 5. The fourth-order valence-corrected chi connectivity index (χ4v) is 7.57. The number of allylic oxidation sites excluding steroid dienone is 1. The van der Waals surface area contributed by atoms with Crippen LogP contribution in [0.25, 0.3) is 0 Å². The normalized spacial score (nSPS) is 20.8. The molecular formula is C28H24N6O2S2. The van der Waals surface area contributed by atoms with E-state index >= 15 is 0 Å². The number of fused-ring (bicyclic) bond motifs is 3. The predicted molar refractivity (Wildman–Crippen MR) is 147 cm³/mol. The highest BCUT2D eigenvalue weighted by atomic mass is 32.2. The number of rotatable bonds is 4. The molecule has 3 aromatic rings. The van der Waals surface area contributed by atoms with Crippen LogP contribution in [-0.4, -0.2) is 28.9 Å². The fraction of sp³-hybridized carbons (Fsp3) is 0.250. The molecule has 1 amide bonds. The summed E-state index contributed by atoms with van der Waals surface area (Å²) in [7, 11) is 1.67. The quantitative estimate of drug-likeness (QED) is 0.478. The van der Waals surface area contributed by atoms with Crippen LogP contribution < -0.4 is 15.5 Å². The first-order valence-corrected chi connectivity index (χ1v) is 14.0. The third-order valence-corrected chi connectivity index (χ3v) is 9.45. The summed E-state index contributed by atoms with van der Waals surface area (Å²) in [4.78, 5) is 30.8. The van der Waals surface area contributed by atoms with Crippen LogP contribution in [0, 0.1) is 18.3 Å². The maximum atomic E-state index is 14.0. The van der Waals surface area contributed by atoms with E-state index in [1.165, 1.54) is 27.4 Å². The van der Waals surface area contributed by atoms with Crippen molar-refractivity contribution < 1.29 is 9.59 Å². The Kier molecular flexibility index (Phi) is 5.85. The SMILES string of the molecule is Cc1cccc(CSc2nnc(N3C(N)=C(C#N)[C@@]4(C(=O)N(C)c5ccccc54)C4=C3CCCC4=O)s2)c1. The Morgan fingerprint density at radius 3 is 2.76 bits per heavy atom. The molecule has 0 fully saturated rings. The van der Waals surface area contributed by atoms with E-state index in [4.69, 9.17) is 5.73 Å². The van der Waals surface area contributed by atoms with Crippen LogP contribution in [0.5, 0.6) is 0 Å². The van der Waals surface area contributed by atoms with Gasteiger partial charge < -0.3 is 10.6 Å². The molecule has 0 saturated heterocycles. The summed E-state index contributed by atoms with van der Waals surface area (Å²) in [5, 5.41) is 19.7. The number of anilines is 2. The molecule has 8 nitrogen and oxygen atoms in total. The number of hydrogen-bond donors (Lipinski definition) is 1. The zero-order valence-electron chi connectivity index (χ0n) is 20.9. The molecule has 1 aliphatic carbocycles. The van der Waals surface area contributed by atoms with Crippen LogP contribution in [0.2, 0.25) is 0 Å².